The number of hydrogen-bond acceptors (Lipinski definition) is 5. The first kappa shape index (κ1) is 23.0. The molecule has 3 rings (SSSR count). The third-order valence-corrected chi connectivity index (χ3v) is 4.69. The maximum Gasteiger partial charge on any atom is 0.254 e. The van der Waals surface area contributed by atoms with Crippen LogP contribution in [0.2, 0.25) is 0 Å². The highest BCUT2D eigenvalue weighted by Crippen LogP contribution is 2.30. The van der Waals surface area contributed by atoms with Gasteiger partial charge in [-0.25, -0.2) is 4.39 Å². The molecule has 7 nitrogen and oxygen atoms in total. The summed E-state index contributed by atoms with van der Waals surface area (Å²) in [5.41, 5.74) is 1.87. The highest BCUT2D eigenvalue weighted by Gasteiger charge is 2.19. The minimum Gasteiger partial charge on any atom is -0.490 e. The monoisotopic (exact) mass is 439 g/mol. The zero-order chi connectivity index (χ0) is 23.3. The predicted molar refractivity (Wildman–Crippen MR) is 121 cm³/mol. The molecule has 2 aromatic carbocycles. The van der Waals surface area contributed by atoms with Crippen LogP contribution in [0.4, 0.5) is 10.1 Å². The largest absolute Gasteiger partial charge is 0.490 e. The molecule has 2 amide bonds. The molecule has 0 saturated carbocycles. The van der Waals surface area contributed by atoms with Gasteiger partial charge < -0.3 is 19.7 Å². The first-order valence-corrected chi connectivity index (χ1v) is 10.3. The standard InChI is InChI=1S/C24H26FN3O4/c1-5-31-21-10-8-17(13-22(21)32-6-2)27-23(29)14-28(4)24(30)19-11-15(3)26-20-12-16(25)7-9-18(19)20/h7-13H,5-6,14H2,1-4H3,(H,27,29). The van der Waals surface area contributed by atoms with Crippen molar-refractivity contribution in [1.82, 2.24) is 9.88 Å². The van der Waals surface area contributed by atoms with Gasteiger partial charge in [0.15, 0.2) is 11.5 Å². The fourth-order valence-corrected chi connectivity index (χ4v) is 3.33. The SMILES string of the molecule is CCOc1ccc(NC(=O)CN(C)C(=O)c2cc(C)nc3cc(F)ccc23)cc1OCC. The number of likely N-dealkylation sites (N-methyl/N-ethyl adjacent to an activating group) is 1. The van der Waals surface area contributed by atoms with Gasteiger partial charge in [-0.3, -0.25) is 14.6 Å². The third kappa shape index (κ3) is 5.32. The normalized spacial score (nSPS) is 10.7. The van der Waals surface area contributed by atoms with Gasteiger partial charge in [0.25, 0.3) is 5.91 Å². The van der Waals surface area contributed by atoms with Crippen LogP contribution >= 0.6 is 0 Å². The van der Waals surface area contributed by atoms with Crippen molar-refractivity contribution in [2.75, 3.05) is 32.1 Å². The van der Waals surface area contributed by atoms with E-state index in [1.54, 1.807) is 31.2 Å². The van der Waals surface area contributed by atoms with Gasteiger partial charge in [0, 0.05) is 35.9 Å². The molecule has 0 aliphatic heterocycles. The van der Waals surface area contributed by atoms with Crippen LogP contribution < -0.4 is 14.8 Å². The lowest BCUT2D eigenvalue weighted by molar-refractivity contribution is -0.116. The van der Waals surface area contributed by atoms with Crippen LogP contribution in [0.5, 0.6) is 11.5 Å². The maximum atomic E-state index is 13.6. The fraction of sp³-hybridized carbons (Fsp3) is 0.292. The zero-order valence-corrected chi connectivity index (χ0v) is 18.6. The molecular formula is C24H26FN3O4. The number of pyridine rings is 1. The number of hydrogen-bond donors (Lipinski definition) is 1. The van der Waals surface area contributed by atoms with Crippen molar-refractivity contribution in [3.05, 3.63) is 59.5 Å². The molecular weight excluding hydrogens is 413 g/mol. The molecule has 0 aliphatic carbocycles. The van der Waals surface area contributed by atoms with Crippen molar-refractivity contribution in [3.8, 4) is 11.5 Å². The highest BCUT2D eigenvalue weighted by molar-refractivity contribution is 6.07. The van der Waals surface area contributed by atoms with E-state index in [1.165, 1.54) is 30.1 Å². The second kappa shape index (κ2) is 10.1. The lowest BCUT2D eigenvalue weighted by Gasteiger charge is -2.19. The second-order valence-electron chi connectivity index (χ2n) is 7.21. The number of aryl methyl sites for hydroxylation is 1. The number of carbonyl (C=O) groups is 2. The Labute approximate surface area is 186 Å². The quantitative estimate of drug-likeness (QED) is 0.569. The Hall–Kier alpha value is -3.68. The summed E-state index contributed by atoms with van der Waals surface area (Å²) in [5.74, 6) is -0.0281. The van der Waals surface area contributed by atoms with E-state index in [2.05, 4.69) is 10.3 Å². The number of fused-ring (bicyclic) bond motifs is 1. The molecule has 1 N–H and O–H groups in total. The molecule has 0 atom stereocenters. The van der Waals surface area contributed by atoms with Gasteiger partial charge in [-0.15, -0.1) is 0 Å². The number of rotatable bonds is 8. The second-order valence-corrected chi connectivity index (χ2v) is 7.21. The van der Waals surface area contributed by atoms with E-state index in [0.717, 1.165) is 0 Å². The Morgan fingerprint density at radius 3 is 2.47 bits per heavy atom. The van der Waals surface area contributed by atoms with Gasteiger partial charge in [-0.05, 0) is 51.1 Å². The molecule has 0 spiro atoms. The van der Waals surface area contributed by atoms with Crippen LogP contribution in [0.1, 0.15) is 29.9 Å². The molecule has 32 heavy (non-hydrogen) atoms. The average molecular weight is 439 g/mol. The first-order valence-electron chi connectivity index (χ1n) is 10.3. The summed E-state index contributed by atoms with van der Waals surface area (Å²) in [6.07, 6.45) is 0. The van der Waals surface area contributed by atoms with E-state index in [-0.39, 0.29) is 18.4 Å². The molecule has 1 heterocycles. The molecule has 0 saturated heterocycles. The van der Waals surface area contributed by atoms with Crippen LogP contribution in [0.15, 0.2) is 42.5 Å². The average Bonchev–Trinajstić information content (AvgIpc) is 2.74. The van der Waals surface area contributed by atoms with E-state index in [9.17, 15) is 14.0 Å². The fourth-order valence-electron chi connectivity index (χ4n) is 3.33. The van der Waals surface area contributed by atoms with Gasteiger partial charge in [-0.1, -0.05) is 0 Å². The van der Waals surface area contributed by atoms with Crippen molar-refractivity contribution in [2.45, 2.75) is 20.8 Å². The van der Waals surface area contributed by atoms with Crippen LogP contribution in [-0.4, -0.2) is 48.5 Å². The van der Waals surface area contributed by atoms with E-state index in [4.69, 9.17) is 9.47 Å². The molecule has 0 aliphatic rings. The minimum atomic E-state index is -0.427. The van der Waals surface area contributed by atoms with Crippen molar-refractivity contribution in [2.24, 2.45) is 0 Å². The Balaban J connectivity index is 1.74. The number of amides is 2. The summed E-state index contributed by atoms with van der Waals surface area (Å²) in [7, 11) is 1.54. The van der Waals surface area contributed by atoms with Gasteiger partial charge in [0.1, 0.15) is 5.82 Å². The summed E-state index contributed by atoms with van der Waals surface area (Å²) in [5, 5.41) is 3.30. The summed E-state index contributed by atoms with van der Waals surface area (Å²) < 4.78 is 24.7. The van der Waals surface area contributed by atoms with Crippen molar-refractivity contribution in [3.63, 3.8) is 0 Å². The maximum absolute atomic E-state index is 13.6. The Kier molecular flexibility index (Phi) is 7.25. The van der Waals surface area contributed by atoms with E-state index < -0.39 is 5.82 Å². The lowest BCUT2D eigenvalue weighted by atomic mass is 10.1. The zero-order valence-electron chi connectivity index (χ0n) is 18.6. The van der Waals surface area contributed by atoms with Crippen LogP contribution in [0.25, 0.3) is 10.9 Å². The van der Waals surface area contributed by atoms with Gasteiger partial charge in [-0.2, -0.15) is 0 Å². The number of benzene rings is 2. The van der Waals surface area contributed by atoms with Crippen molar-refractivity contribution >= 4 is 28.4 Å². The summed E-state index contributed by atoms with van der Waals surface area (Å²) in [6, 6.07) is 10.8. The highest BCUT2D eigenvalue weighted by atomic mass is 19.1. The minimum absolute atomic E-state index is 0.167. The Morgan fingerprint density at radius 1 is 1.03 bits per heavy atom. The van der Waals surface area contributed by atoms with E-state index in [1.807, 2.05) is 13.8 Å². The lowest BCUT2D eigenvalue weighted by Crippen LogP contribution is -2.35. The summed E-state index contributed by atoms with van der Waals surface area (Å²) in [6.45, 7) is 6.25. The first-order chi connectivity index (χ1) is 15.3. The van der Waals surface area contributed by atoms with Crippen molar-refractivity contribution in [1.29, 1.82) is 0 Å². The molecule has 0 unspecified atom stereocenters. The van der Waals surface area contributed by atoms with Crippen LogP contribution in [0, 0.1) is 12.7 Å². The van der Waals surface area contributed by atoms with Crippen LogP contribution in [-0.2, 0) is 4.79 Å². The summed E-state index contributed by atoms with van der Waals surface area (Å²) in [4.78, 5) is 31.2. The topological polar surface area (TPSA) is 80.8 Å². The van der Waals surface area contributed by atoms with Crippen LogP contribution in [0.3, 0.4) is 0 Å². The number of anilines is 1. The number of ether oxygens (including phenoxy) is 2. The number of carbonyl (C=O) groups excluding carboxylic acids is 2. The number of halogens is 1. The molecule has 0 radical (unpaired) electrons. The third-order valence-electron chi connectivity index (χ3n) is 4.69. The Bertz CT molecular complexity index is 1140. The van der Waals surface area contributed by atoms with Gasteiger partial charge >= 0.3 is 0 Å². The molecule has 1 aromatic heterocycles. The van der Waals surface area contributed by atoms with E-state index >= 15 is 0 Å². The smallest absolute Gasteiger partial charge is 0.254 e. The van der Waals surface area contributed by atoms with Gasteiger partial charge in [0.05, 0.1) is 30.8 Å². The van der Waals surface area contributed by atoms with Gasteiger partial charge in [0.2, 0.25) is 5.91 Å². The molecule has 8 heteroatoms. The molecule has 0 fully saturated rings. The molecule has 3 aromatic rings. The molecule has 168 valence electrons. The number of nitrogens with zero attached hydrogens (tertiary/aromatic N) is 2. The van der Waals surface area contributed by atoms with Crippen molar-refractivity contribution < 1.29 is 23.5 Å². The predicted octanol–water partition coefficient (Wildman–Crippen LogP) is 4.19. The Morgan fingerprint density at radius 2 is 1.75 bits per heavy atom. The number of aromatic nitrogens is 1. The molecule has 0 bridgehead atoms. The number of nitrogens with one attached hydrogen (secondary N) is 1. The van der Waals surface area contributed by atoms with E-state index in [0.29, 0.717) is 52.6 Å². The summed E-state index contributed by atoms with van der Waals surface area (Å²) >= 11 is 0.